The van der Waals surface area contributed by atoms with Crippen molar-refractivity contribution in [1.82, 2.24) is 4.57 Å². The van der Waals surface area contributed by atoms with E-state index < -0.39 is 0 Å². The smallest absolute Gasteiger partial charge is 0.185 e. The van der Waals surface area contributed by atoms with E-state index in [1.807, 2.05) is 67.7 Å². The van der Waals surface area contributed by atoms with Gasteiger partial charge in [0.1, 0.15) is 23.0 Å². The predicted molar refractivity (Wildman–Crippen MR) is 166 cm³/mol. The molecule has 0 radical (unpaired) electrons. The van der Waals surface area contributed by atoms with E-state index in [1.165, 1.54) is 12.2 Å². The highest BCUT2D eigenvalue weighted by Crippen LogP contribution is 2.31. The van der Waals surface area contributed by atoms with E-state index in [1.54, 1.807) is 52.7 Å². The van der Waals surface area contributed by atoms with Crippen molar-refractivity contribution < 1.29 is 28.5 Å². The molecule has 7 heteroatoms. The molecule has 0 aliphatic heterocycles. The number of fused-ring (bicyclic) bond motifs is 3. The van der Waals surface area contributed by atoms with Crippen molar-refractivity contribution in [2.75, 3.05) is 28.4 Å². The Morgan fingerprint density at radius 2 is 1.00 bits per heavy atom. The highest BCUT2D eigenvalue weighted by atomic mass is 16.5. The van der Waals surface area contributed by atoms with Gasteiger partial charge in [-0.25, -0.2) is 0 Å². The van der Waals surface area contributed by atoms with Crippen LogP contribution in [0.4, 0.5) is 0 Å². The second-order valence-electron chi connectivity index (χ2n) is 9.63. The molecule has 0 spiro atoms. The van der Waals surface area contributed by atoms with Crippen LogP contribution < -0.4 is 18.9 Å². The van der Waals surface area contributed by atoms with E-state index in [9.17, 15) is 9.59 Å². The lowest BCUT2D eigenvalue weighted by atomic mass is 10.0. The first kappa shape index (κ1) is 28.2. The van der Waals surface area contributed by atoms with Crippen LogP contribution in [0.15, 0.2) is 84.9 Å². The van der Waals surface area contributed by atoms with Crippen molar-refractivity contribution in [1.29, 1.82) is 0 Å². The van der Waals surface area contributed by atoms with Crippen LogP contribution in [0.3, 0.4) is 0 Å². The van der Waals surface area contributed by atoms with Gasteiger partial charge in [0.15, 0.2) is 11.6 Å². The summed E-state index contributed by atoms with van der Waals surface area (Å²) in [6.45, 7) is 0. The topological polar surface area (TPSA) is 76.0 Å². The minimum Gasteiger partial charge on any atom is -0.497 e. The summed E-state index contributed by atoms with van der Waals surface area (Å²) in [7, 11) is 8.30. The first-order valence-corrected chi connectivity index (χ1v) is 13.3. The summed E-state index contributed by atoms with van der Waals surface area (Å²) in [5.41, 5.74) is 4.54. The van der Waals surface area contributed by atoms with Crippen molar-refractivity contribution in [3.05, 3.63) is 107 Å². The summed E-state index contributed by atoms with van der Waals surface area (Å²) in [5.74, 6) is 2.28. The van der Waals surface area contributed by atoms with Gasteiger partial charge in [0.25, 0.3) is 0 Å². The number of carbonyl (C=O) groups is 2. The van der Waals surface area contributed by atoms with Crippen LogP contribution in [0.25, 0.3) is 34.0 Å². The van der Waals surface area contributed by atoms with Crippen molar-refractivity contribution in [2.24, 2.45) is 7.05 Å². The molecule has 1 aromatic heterocycles. The minimum atomic E-state index is -0.143. The Hall–Kier alpha value is -5.30. The van der Waals surface area contributed by atoms with Gasteiger partial charge >= 0.3 is 0 Å². The summed E-state index contributed by atoms with van der Waals surface area (Å²) in [6.07, 6.45) is 6.53. The lowest BCUT2D eigenvalue weighted by Gasteiger charge is -2.07. The normalized spacial score (nSPS) is 11.5. The fourth-order valence-electron chi connectivity index (χ4n) is 4.96. The molecule has 42 heavy (non-hydrogen) atoms. The van der Waals surface area contributed by atoms with E-state index in [4.69, 9.17) is 18.9 Å². The number of aryl methyl sites for hydroxylation is 1. The van der Waals surface area contributed by atoms with E-state index in [0.29, 0.717) is 34.1 Å². The Labute approximate surface area is 244 Å². The summed E-state index contributed by atoms with van der Waals surface area (Å²) >= 11 is 0. The number of nitrogens with zero attached hydrogens (tertiary/aromatic N) is 1. The van der Waals surface area contributed by atoms with E-state index in [-0.39, 0.29) is 11.6 Å². The van der Waals surface area contributed by atoms with E-state index >= 15 is 0 Å². The highest BCUT2D eigenvalue weighted by Gasteiger charge is 2.14. The largest absolute Gasteiger partial charge is 0.497 e. The number of ether oxygens (including phenoxy) is 4. The van der Waals surface area contributed by atoms with Crippen LogP contribution in [-0.4, -0.2) is 44.6 Å². The first-order valence-electron chi connectivity index (χ1n) is 13.3. The maximum Gasteiger partial charge on any atom is 0.185 e. The van der Waals surface area contributed by atoms with Crippen LogP contribution in [0, 0.1) is 0 Å². The molecule has 212 valence electrons. The molecule has 4 aromatic carbocycles. The lowest BCUT2D eigenvalue weighted by Crippen LogP contribution is -1.95. The summed E-state index contributed by atoms with van der Waals surface area (Å²) < 4.78 is 23.4. The van der Waals surface area contributed by atoms with Crippen LogP contribution >= 0.6 is 0 Å². The van der Waals surface area contributed by atoms with Crippen LogP contribution in [0.2, 0.25) is 0 Å². The SMILES string of the molecule is COc1ccc(/C=C/C(=O)c2ccc3c(c2)c2cc(C(=O)/C=C/c4ccc(OC)cc4OC)ccc2n3C)c(OC)c1. The molecule has 0 aliphatic rings. The number of rotatable bonds is 10. The Kier molecular flexibility index (Phi) is 8.11. The third-order valence-corrected chi connectivity index (χ3v) is 7.28. The fraction of sp³-hybridized carbons (Fsp3) is 0.143. The molecule has 0 amide bonds. The highest BCUT2D eigenvalue weighted by molar-refractivity contribution is 6.16. The number of hydrogen-bond acceptors (Lipinski definition) is 6. The second kappa shape index (κ2) is 12.1. The molecule has 5 aromatic rings. The van der Waals surface area contributed by atoms with Crippen molar-refractivity contribution in [3.8, 4) is 23.0 Å². The Balaban J connectivity index is 1.45. The Morgan fingerprint density at radius 1 is 0.571 bits per heavy atom. The van der Waals surface area contributed by atoms with E-state index in [2.05, 4.69) is 4.57 Å². The monoisotopic (exact) mass is 561 g/mol. The standard InChI is InChI=1S/C35H31NO6/c1-36-30-14-8-24(32(37)16-10-22-6-12-26(39-2)20-34(22)41-4)18-28(30)29-19-25(9-15-31(29)36)33(38)17-11-23-7-13-27(40-3)21-35(23)42-5/h6-21H,1-5H3/b16-10+,17-11+. The van der Waals surface area contributed by atoms with Crippen LogP contribution in [0.1, 0.15) is 31.8 Å². The summed E-state index contributed by atoms with van der Waals surface area (Å²) in [4.78, 5) is 26.3. The molecular weight excluding hydrogens is 530 g/mol. The average molecular weight is 562 g/mol. The molecule has 0 bridgehead atoms. The van der Waals surface area contributed by atoms with Gasteiger partial charge in [0.05, 0.1) is 28.4 Å². The Morgan fingerprint density at radius 3 is 1.38 bits per heavy atom. The zero-order chi connectivity index (χ0) is 29.8. The van der Waals surface area contributed by atoms with Crippen molar-refractivity contribution >= 4 is 45.5 Å². The third kappa shape index (κ3) is 5.49. The zero-order valence-electron chi connectivity index (χ0n) is 24.1. The lowest BCUT2D eigenvalue weighted by molar-refractivity contribution is 0.104. The molecule has 0 aliphatic carbocycles. The number of benzene rings is 4. The first-order chi connectivity index (χ1) is 20.4. The fourth-order valence-corrected chi connectivity index (χ4v) is 4.96. The molecule has 0 saturated heterocycles. The maximum atomic E-state index is 13.2. The van der Waals surface area contributed by atoms with Crippen LogP contribution in [-0.2, 0) is 7.05 Å². The Bertz CT molecular complexity index is 1740. The molecule has 0 fully saturated rings. The number of aromatic nitrogens is 1. The van der Waals surface area contributed by atoms with Gasteiger partial charge in [-0.05, 0) is 85.0 Å². The molecule has 0 N–H and O–H groups in total. The minimum absolute atomic E-state index is 0.143. The molecule has 1 heterocycles. The zero-order valence-corrected chi connectivity index (χ0v) is 24.1. The van der Waals surface area contributed by atoms with Gasteiger partial charge in [-0.3, -0.25) is 9.59 Å². The van der Waals surface area contributed by atoms with E-state index in [0.717, 1.165) is 32.9 Å². The van der Waals surface area contributed by atoms with Crippen molar-refractivity contribution in [2.45, 2.75) is 0 Å². The van der Waals surface area contributed by atoms with Gasteiger partial charge in [-0.15, -0.1) is 0 Å². The quantitative estimate of drug-likeness (QED) is 0.133. The molecule has 7 nitrogen and oxygen atoms in total. The number of hydrogen-bond donors (Lipinski definition) is 0. The molecule has 0 saturated carbocycles. The third-order valence-electron chi connectivity index (χ3n) is 7.28. The number of methoxy groups -OCH3 is 4. The van der Waals surface area contributed by atoms with Gasteiger partial charge in [0, 0.05) is 63.2 Å². The van der Waals surface area contributed by atoms with Crippen molar-refractivity contribution in [3.63, 3.8) is 0 Å². The van der Waals surface area contributed by atoms with Gasteiger partial charge in [-0.2, -0.15) is 0 Å². The average Bonchev–Trinajstić information content (AvgIpc) is 3.32. The van der Waals surface area contributed by atoms with Gasteiger partial charge < -0.3 is 23.5 Å². The number of allylic oxidation sites excluding steroid dienone is 2. The number of carbonyl (C=O) groups excluding carboxylic acids is 2. The van der Waals surface area contributed by atoms with Crippen LogP contribution in [0.5, 0.6) is 23.0 Å². The van der Waals surface area contributed by atoms with Gasteiger partial charge in [-0.1, -0.05) is 0 Å². The molecular formula is C35H31NO6. The number of ketones is 2. The molecule has 5 rings (SSSR count). The van der Waals surface area contributed by atoms with Gasteiger partial charge in [0.2, 0.25) is 0 Å². The summed E-state index contributed by atoms with van der Waals surface area (Å²) in [6, 6.07) is 22.1. The maximum absolute atomic E-state index is 13.2. The molecule has 0 unspecified atom stereocenters. The summed E-state index contributed by atoms with van der Waals surface area (Å²) in [5, 5.41) is 1.79. The second-order valence-corrected chi connectivity index (χ2v) is 9.63. The molecule has 0 atom stereocenters. The predicted octanol–water partition coefficient (Wildman–Crippen LogP) is 7.16.